The van der Waals surface area contributed by atoms with Gasteiger partial charge in [0.1, 0.15) is 12.1 Å². The summed E-state index contributed by atoms with van der Waals surface area (Å²) in [6, 6.07) is -0.325. The first kappa shape index (κ1) is 19.7. The van der Waals surface area contributed by atoms with E-state index in [-0.39, 0.29) is 24.4 Å². The fourth-order valence-electron chi connectivity index (χ4n) is 4.07. The molecule has 0 bridgehead atoms. The van der Waals surface area contributed by atoms with Gasteiger partial charge in [0.15, 0.2) is 0 Å². The number of nitrogens with zero attached hydrogens (tertiary/aromatic N) is 3. The molecule has 1 aliphatic heterocycles. The minimum Gasteiger partial charge on any atom is -0.341 e. The first-order valence-electron chi connectivity index (χ1n) is 9.56. The summed E-state index contributed by atoms with van der Waals surface area (Å²) in [5.41, 5.74) is -0.712. The van der Waals surface area contributed by atoms with Crippen LogP contribution < -0.4 is 0 Å². The third kappa shape index (κ3) is 3.98. The van der Waals surface area contributed by atoms with Gasteiger partial charge in [0.25, 0.3) is 5.91 Å². The van der Waals surface area contributed by atoms with Crippen LogP contribution in [-0.4, -0.2) is 64.8 Å². The van der Waals surface area contributed by atoms with Crippen molar-refractivity contribution in [3.8, 4) is 0 Å². The molecule has 0 aromatic heterocycles. The van der Waals surface area contributed by atoms with Gasteiger partial charge in [-0.25, -0.2) is 4.79 Å². The molecule has 1 heterocycles. The molecule has 0 aromatic carbocycles. The van der Waals surface area contributed by atoms with Crippen LogP contribution in [0.25, 0.3) is 0 Å². The van der Waals surface area contributed by atoms with Crippen molar-refractivity contribution in [2.24, 2.45) is 11.8 Å². The van der Waals surface area contributed by atoms with Gasteiger partial charge in [-0.3, -0.25) is 14.5 Å². The quantitative estimate of drug-likeness (QED) is 0.691. The average molecular weight is 351 g/mol. The predicted molar refractivity (Wildman–Crippen MR) is 96.9 cm³/mol. The van der Waals surface area contributed by atoms with Crippen molar-refractivity contribution in [3.63, 3.8) is 0 Å². The molecule has 0 aromatic rings. The van der Waals surface area contributed by atoms with Crippen molar-refractivity contribution in [2.45, 2.75) is 65.3 Å². The Bertz CT molecular complexity index is 514. The van der Waals surface area contributed by atoms with Gasteiger partial charge in [-0.05, 0) is 24.7 Å². The van der Waals surface area contributed by atoms with Crippen LogP contribution in [0.3, 0.4) is 0 Å². The zero-order valence-electron chi connectivity index (χ0n) is 16.4. The highest BCUT2D eigenvalue weighted by molar-refractivity contribution is 6.08. The Balaban J connectivity index is 2.13. The van der Waals surface area contributed by atoms with Crippen LogP contribution >= 0.6 is 0 Å². The molecule has 2 fully saturated rings. The third-order valence-corrected chi connectivity index (χ3v) is 5.30. The smallest absolute Gasteiger partial charge is 0.327 e. The third-order valence-electron chi connectivity index (χ3n) is 5.30. The number of urea groups is 1. The van der Waals surface area contributed by atoms with Gasteiger partial charge in [-0.1, -0.05) is 47.0 Å². The van der Waals surface area contributed by atoms with Crippen LogP contribution in [0.5, 0.6) is 0 Å². The summed E-state index contributed by atoms with van der Waals surface area (Å²) >= 11 is 0. The molecular weight excluding hydrogens is 318 g/mol. The van der Waals surface area contributed by atoms with E-state index in [0.29, 0.717) is 37.8 Å². The number of imide groups is 1. The Morgan fingerprint density at radius 1 is 1.04 bits per heavy atom. The molecule has 2 aliphatic rings. The first-order valence-corrected chi connectivity index (χ1v) is 9.56. The number of amides is 4. The minimum absolute atomic E-state index is 0.134. The highest BCUT2D eigenvalue weighted by Crippen LogP contribution is 2.39. The molecule has 6 heteroatoms. The van der Waals surface area contributed by atoms with Crippen molar-refractivity contribution >= 4 is 17.8 Å². The molecule has 0 atom stereocenters. The van der Waals surface area contributed by atoms with E-state index in [2.05, 4.69) is 27.7 Å². The normalized spacial score (nSPS) is 20.3. The number of carbonyl (C=O) groups is 3. The van der Waals surface area contributed by atoms with Gasteiger partial charge in [0.2, 0.25) is 5.91 Å². The number of hydrogen-bond donors (Lipinski definition) is 0. The second-order valence-electron chi connectivity index (χ2n) is 8.41. The van der Waals surface area contributed by atoms with Crippen molar-refractivity contribution in [3.05, 3.63) is 0 Å². The Morgan fingerprint density at radius 2 is 1.56 bits per heavy atom. The van der Waals surface area contributed by atoms with Crippen molar-refractivity contribution in [2.75, 3.05) is 26.7 Å². The topological polar surface area (TPSA) is 60.9 Å². The summed E-state index contributed by atoms with van der Waals surface area (Å²) in [4.78, 5) is 43.0. The largest absolute Gasteiger partial charge is 0.341 e. The van der Waals surface area contributed by atoms with E-state index in [9.17, 15) is 14.4 Å². The van der Waals surface area contributed by atoms with Gasteiger partial charge in [-0.15, -0.1) is 0 Å². The van der Waals surface area contributed by atoms with E-state index >= 15 is 0 Å². The lowest BCUT2D eigenvalue weighted by atomic mass is 9.81. The molecular formula is C19H33N3O3. The molecule has 0 radical (unpaired) electrons. The van der Waals surface area contributed by atoms with Crippen LogP contribution in [0.4, 0.5) is 4.79 Å². The van der Waals surface area contributed by atoms with E-state index in [1.54, 1.807) is 16.8 Å². The zero-order valence-corrected chi connectivity index (χ0v) is 16.4. The molecule has 1 saturated carbocycles. The molecule has 1 spiro atoms. The monoisotopic (exact) mass is 351 g/mol. The maximum atomic E-state index is 13.0. The highest BCUT2D eigenvalue weighted by atomic mass is 16.2. The molecule has 1 saturated heterocycles. The van der Waals surface area contributed by atoms with Crippen molar-refractivity contribution in [1.29, 1.82) is 0 Å². The summed E-state index contributed by atoms with van der Waals surface area (Å²) in [6.45, 7) is 9.43. The summed E-state index contributed by atoms with van der Waals surface area (Å²) in [5.74, 6) is 0.382. The molecule has 4 amide bonds. The molecule has 2 rings (SSSR count). The Morgan fingerprint density at radius 3 is 2.04 bits per heavy atom. The lowest BCUT2D eigenvalue weighted by Crippen LogP contribution is -2.50. The Hall–Kier alpha value is -1.59. The average Bonchev–Trinajstić information content (AvgIpc) is 2.70. The van der Waals surface area contributed by atoms with Gasteiger partial charge in [-0.2, -0.15) is 0 Å². The van der Waals surface area contributed by atoms with Gasteiger partial charge >= 0.3 is 6.03 Å². The molecule has 6 nitrogen and oxygen atoms in total. The maximum absolute atomic E-state index is 13.0. The van der Waals surface area contributed by atoms with Crippen LogP contribution in [-0.2, 0) is 9.59 Å². The standard InChI is InChI=1S/C19H33N3O3/c1-14(2)11-21(12-15(3)4)16(23)13-22-17(24)19(20(5)18(22)25)9-7-6-8-10-19/h14-15H,6-13H2,1-5H3. The van der Waals surface area contributed by atoms with E-state index in [1.807, 2.05) is 0 Å². The van der Waals surface area contributed by atoms with Crippen LogP contribution in [0, 0.1) is 11.8 Å². The summed E-state index contributed by atoms with van der Waals surface area (Å²) < 4.78 is 0. The first-order chi connectivity index (χ1) is 11.7. The molecule has 1 aliphatic carbocycles. The second-order valence-corrected chi connectivity index (χ2v) is 8.41. The minimum atomic E-state index is -0.712. The Labute approximate surface area is 151 Å². The molecule has 25 heavy (non-hydrogen) atoms. The summed E-state index contributed by atoms with van der Waals surface area (Å²) in [6.07, 6.45) is 4.43. The fraction of sp³-hybridized carbons (Fsp3) is 0.842. The number of carbonyl (C=O) groups excluding carboxylic acids is 3. The van der Waals surface area contributed by atoms with Crippen molar-refractivity contribution < 1.29 is 14.4 Å². The zero-order chi connectivity index (χ0) is 18.8. The van der Waals surface area contributed by atoms with Gasteiger partial charge in [0, 0.05) is 20.1 Å². The number of rotatable bonds is 6. The van der Waals surface area contributed by atoms with Gasteiger partial charge in [0.05, 0.1) is 0 Å². The van der Waals surface area contributed by atoms with E-state index in [4.69, 9.17) is 0 Å². The van der Waals surface area contributed by atoms with Crippen LogP contribution in [0.2, 0.25) is 0 Å². The number of likely N-dealkylation sites (N-methyl/N-ethyl adjacent to an activating group) is 1. The van der Waals surface area contributed by atoms with Crippen LogP contribution in [0.1, 0.15) is 59.8 Å². The van der Waals surface area contributed by atoms with E-state index in [0.717, 1.165) is 19.3 Å². The Kier molecular flexibility index (Phi) is 6.12. The summed E-state index contributed by atoms with van der Waals surface area (Å²) in [7, 11) is 1.70. The van der Waals surface area contributed by atoms with Crippen molar-refractivity contribution in [1.82, 2.24) is 14.7 Å². The lowest BCUT2D eigenvalue weighted by Gasteiger charge is -2.35. The maximum Gasteiger partial charge on any atom is 0.327 e. The fourth-order valence-corrected chi connectivity index (χ4v) is 4.07. The molecule has 0 unspecified atom stereocenters. The lowest BCUT2D eigenvalue weighted by molar-refractivity contribution is -0.141. The molecule has 142 valence electrons. The number of hydrogen-bond acceptors (Lipinski definition) is 3. The molecule has 0 N–H and O–H groups in total. The van der Waals surface area contributed by atoms with E-state index in [1.165, 1.54) is 4.90 Å². The summed E-state index contributed by atoms with van der Waals surface area (Å²) in [5, 5.41) is 0. The van der Waals surface area contributed by atoms with E-state index < -0.39 is 5.54 Å². The predicted octanol–water partition coefficient (Wildman–Crippen LogP) is 2.72. The second kappa shape index (κ2) is 7.75. The van der Waals surface area contributed by atoms with Gasteiger partial charge < -0.3 is 9.80 Å². The SMILES string of the molecule is CC(C)CN(CC(C)C)C(=O)CN1C(=O)N(C)C2(CCCCC2)C1=O. The highest BCUT2D eigenvalue weighted by Gasteiger charge is 2.55. The van der Waals surface area contributed by atoms with Crippen LogP contribution in [0.15, 0.2) is 0 Å².